The summed E-state index contributed by atoms with van der Waals surface area (Å²) in [6.07, 6.45) is 5.04. The predicted octanol–water partition coefficient (Wildman–Crippen LogP) is 11.9. The Morgan fingerprint density at radius 2 is 0.907 bits per heavy atom. The first-order chi connectivity index (χ1) is 21.3. The maximum atomic E-state index is 2.56. The summed E-state index contributed by atoms with van der Waals surface area (Å²) in [4.78, 5) is 0. The van der Waals surface area contributed by atoms with Gasteiger partial charge in [-0.3, -0.25) is 0 Å². The quantitative estimate of drug-likeness (QED) is 0.189. The molecule has 0 bridgehead atoms. The molecule has 202 valence electrons. The lowest BCUT2D eigenvalue weighted by molar-refractivity contribution is 0.550. The molecule has 0 amide bonds. The van der Waals surface area contributed by atoms with Crippen LogP contribution in [0.3, 0.4) is 0 Å². The molecule has 1 fully saturated rings. The van der Waals surface area contributed by atoms with E-state index < -0.39 is 0 Å². The van der Waals surface area contributed by atoms with Gasteiger partial charge >= 0.3 is 0 Å². The van der Waals surface area contributed by atoms with Gasteiger partial charge in [-0.15, -0.1) is 0 Å². The fraction of sp³-hybridized carbons (Fsp3) is 0.116. The van der Waals surface area contributed by atoms with Crippen LogP contribution < -0.4 is 0 Å². The fourth-order valence-electron chi connectivity index (χ4n) is 8.81. The molecular formula is C43H30. The summed E-state index contributed by atoms with van der Waals surface area (Å²) in [7, 11) is 0. The van der Waals surface area contributed by atoms with Gasteiger partial charge in [0.1, 0.15) is 0 Å². The van der Waals surface area contributed by atoms with Gasteiger partial charge in [0.25, 0.3) is 0 Å². The molecule has 0 N–H and O–H groups in total. The molecule has 0 atom stereocenters. The van der Waals surface area contributed by atoms with Gasteiger partial charge < -0.3 is 0 Å². The summed E-state index contributed by atoms with van der Waals surface area (Å²) in [5, 5.41) is 10.7. The molecule has 0 saturated heterocycles. The summed E-state index contributed by atoms with van der Waals surface area (Å²) in [6, 6.07) is 50.7. The van der Waals surface area contributed by atoms with Crippen molar-refractivity contribution >= 4 is 43.1 Å². The van der Waals surface area contributed by atoms with Gasteiger partial charge in [0, 0.05) is 5.41 Å². The molecule has 2 aliphatic rings. The summed E-state index contributed by atoms with van der Waals surface area (Å²) in [5.41, 5.74) is 11.4. The molecule has 0 aliphatic heterocycles. The highest BCUT2D eigenvalue weighted by Gasteiger charge is 2.45. The molecule has 0 heterocycles. The normalized spacial score (nSPS) is 15.3. The number of fused-ring (bicyclic) bond motifs is 6. The van der Waals surface area contributed by atoms with E-state index >= 15 is 0 Å². The Kier molecular flexibility index (Phi) is 4.70. The van der Waals surface area contributed by atoms with E-state index in [0.717, 1.165) is 0 Å². The zero-order chi connectivity index (χ0) is 28.1. The van der Waals surface area contributed by atoms with Crippen molar-refractivity contribution in [3.05, 3.63) is 145 Å². The van der Waals surface area contributed by atoms with Gasteiger partial charge in [-0.2, -0.15) is 0 Å². The standard InChI is InChI=1S/C43H30/c1-2-11-33-27(7-1)8-6-12-34(33)31-17-20-36-37-21-18-32(26-40(37)43(39(36)25-31)23-3-4-24-43)35-19-15-30-14-13-28-9-5-10-29-16-22-38(35)42(30)41(28)29/h1-2,5-22,25-26H,3-4,23-24H2. The second-order valence-electron chi connectivity index (χ2n) is 12.8. The molecule has 2 aliphatic carbocycles. The van der Waals surface area contributed by atoms with Gasteiger partial charge in [0.2, 0.25) is 0 Å². The lowest BCUT2D eigenvalue weighted by Crippen LogP contribution is -2.20. The van der Waals surface area contributed by atoms with Crippen molar-refractivity contribution in [2.24, 2.45) is 0 Å². The number of rotatable bonds is 2. The minimum atomic E-state index is 0.102. The molecule has 43 heavy (non-hydrogen) atoms. The van der Waals surface area contributed by atoms with Crippen LogP contribution in [-0.2, 0) is 5.41 Å². The smallest absolute Gasteiger partial charge is 0.0215 e. The third-order valence-corrected chi connectivity index (χ3v) is 10.8. The Morgan fingerprint density at radius 1 is 0.372 bits per heavy atom. The van der Waals surface area contributed by atoms with E-state index in [1.807, 2.05) is 0 Å². The Balaban J connectivity index is 1.17. The lowest BCUT2D eigenvalue weighted by Gasteiger charge is -2.27. The SMILES string of the molecule is c1ccc2c(-c3ccc4c(c3)C3(CCCC3)c3cc(-c5ccc6ccc7cccc8ccc5c6c78)ccc3-4)cccc2c1. The molecule has 8 aromatic rings. The average Bonchev–Trinajstić information content (AvgIpc) is 3.67. The molecule has 8 aromatic carbocycles. The van der Waals surface area contributed by atoms with Crippen molar-refractivity contribution in [1.82, 2.24) is 0 Å². The van der Waals surface area contributed by atoms with E-state index in [1.54, 1.807) is 5.56 Å². The summed E-state index contributed by atoms with van der Waals surface area (Å²) in [6.45, 7) is 0. The molecule has 1 spiro atoms. The number of hydrogen-bond donors (Lipinski definition) is 0. The van der Waals surface area contributed by atoms with Crippen molar-refractivity contribution in [3.8, 4) is 33.4 Å². The third kappa shape index (κ3) is 3.16. The average molecular weight is 547 g/mol. The topological polar surface area (TPSA) is 0 Å². The maximum absolute atomic E-state index is 2.56. The molecule has 0 heteroatoms. The lowest BCUT2D eigenvalue weighted by atomic mass is 9.75. The largest absolute Gasteiger partial charge is 0.0616 e. The van der Waals surface area contributed by atoms with Crippen LogP contribution in [0.2, 0.25) is 0 Å². The first-order valence-electron chi connectivity index (χ1n) is 15.7. The van der Waals surface area contributed by atoms with Crippen LogP contribution in [-0.4, -0.2) is 0 Å². The number of benzene rings is 8. The van der Waals surface area contributed by atoms with Crippen molar-refractivity contribution in [3.63, 3.8) is 0 Å². The van der Waals surface area contributed by atoms with Crippen LogP contribution in [0.1, 0.15) is 36.8 Å². The minimum absolute atomic E-state index is 0.102. The highest BCUT2D eigenvalue weighted by atomic mass is 14.5. The maximum Gasteiger partial charge on any atom is 0.0215 e. The zero-order valence-electron chi connectivity index (χ0n) is 24.0. The molecule has 1 saturated carbocycles. The monoisotopic (exact) mass is 546 g/mol. The van der Waals surface area contributed by atoms with Gasteiger partial charge in [-0.1, -0.05) is 134 Å². The van der Waals surface area contributed by atoms with Crippen LogP contribution in [0.4, 0.5) is 0 Å². The van der Waals surface area contributed by atoms with Crippen LogP contribution in [0, 0.1) is 0 Å². The third-order valence-electron chi connectivity index (χ3n) is 10.8. The van der Waals surface area contributed by atoms with Crippen molar-refractivity contribution < 1.29 is 0 Å². The number of hydrogen-bond acceptors (Lipinski definition) is 0. The van der Waals surface area contributed by atoms with E-state index in [-0.39, 0.29) is 5.41 Å². The van der Waals surface area contributed by atoms with Crippen LogP contribution in [0.15, 0.2) is 133 Å². The van der Waals surface area contributed by atoms with Crippen LogP contribution >= 0.6 is 0 Å². The second-order valence-corrected chi connectivity index (χ2v) is 12.8. The molecule has 0 nitrogen and oxygen atoms in total. The van der Waals surface area contributed by atoms with Gasteiger partial charge in [0.15, 0.2) is 0 Å². The van der Waals surface area contributed by atoms with Crippen molar-refractivity contribution in [2.75, 3.05) is 0 Å². The fourth-order valence-corrected chi connectivity index (χ4v) is 8.81. The molecule has 0 radical (unpaired) electrons. The van der Waals surface area contributed by atoms with Crippen molar-refractivity contribution in [2.45, 2.75) is 31.1 Å². The summed E-state index contributed by atoms with van der Waals surface area (Å²) < 4.78 is 0. The van der Waals surface area contributed by atoms with Gasteiger partial charge in [0.05, 0.1) is 0 Å². The Morgan fingerprint density at radius 3 is 1.65 bits per heavy atom. The Bertz CT molecular complexity index is 2380. The first-order valence-corrected chi connectivity index (χ1v) is 15.7. The van der Waals surface area contributed by atoms with E-state index in [1.165, 1.54) is 108 Å². The first kappa shape index (κ1) is 23.6. The van der Waals surface area contributed by atoms with Crippen molar-refractivity contribution in [1.29, 1.82) is 0 Å². The van der Waals surface area contributed by atoms with Gasteiger partial charge in [-0.25, -0.2) is 0 Å². The predicted molar refractivity (Wildman–Crippen MR) is 183 cm³/mol. The summed E-state index contributed by atoms with van der Waals surface area (Å²) in [5.74, 6) is 0. The molecule has 0 aromatic heterocycles. The van der Waals surface area contributed by atoms with Gasteiger partial charge in [-0.05, 0) is 113 Å². The second kappa shape index (κ2) is 8.55. The molecule has 10 rings (SSSR count). The Hall–Kier alpha value is -4.94. The van der Waals surface area contributed by atoms with E-state index in [9.17, 15) is 0 Å². The van der Waals surface area contributed by atoms with E-state index in [2.05, 4.69) is 133 Å². The Labute approximate surface area is 251 Å². The molecular weight excluding hydrogens is 516 g/mol. The summed E-state index contributed by atoms with van der Waals surface area (Å²) >= 11 is 0. The van der Waals surface area contributed by atoms with Crippen LogP contribution in [0.25, 0.3) is 76.5 Å². The highest BCUT2D eigenvalue weighted by molar-refractivity contribution is 6.25. The van der Waals surface area contributed by atoms with Crippen LogP contribution in [0.5, 0.6) is 0 Å². The molecule has 0 unspecified atom stereocenters. The minimum Gasteiger partial charge on any atom is -0.0616 e. The van der Waals surface area contributed by atoms with E-state index in [4.69, 9.17) is 0 Å². The highest BCUT2D eigenvalue weighted by Crippen LogP contribution is 2.58. The zero-order valence-corrected chi connectivity index (χ0v) is 24.0. The van der Waals surface area contributed by atoms with E-state index in [0.29, 0.717) is 0 Å².